The van der Waals surface area contributed by atoms with E-state index in [1.54, 1.807) is 31.4 Å². The van der Waals surface area contributed by atoms with Gasteiger partial charge in [-0.2, -0.15) is 0 Å². The Hall–Kier alpha value is -4.47. The van der Waals surface area contributed by atoms with Gasteiger partial charge >= 0.3 is 11.9 Å². The number of nitrogens with zero attached hydrogens (tertiary/aromatic N) is 2. The average Bonchev–Trinajstić information content (AvgIpc) is 4.03. The van der Waals surface area contributed by atoms with Crippen LogP contribution >= 0.6 is 0 Å². The van der Waals surface area contributed by atoms with Gasteiger partial charge in [-0.15, -0.1) is 0 Å². The Kier molecular flexibility index (Phi) is 10.7. The first kappa shape index (κ1) is 42.2. The van der Waals surface area contributed by atoms with Crippen molar-refractivity contribution >= 4 is 40.1 Å². The maximum atomic E-state index is 17.5. The van der Waals surface area contributed by atoms with Gasteiger partial charge in [-0.3, -0.25) is 19.2 Å². The number of carbonyl (C=O) groups is 4. The fraction of sp³-hybridized carbons (Fsp3) is 0.622. The molecule has 13 nitrogen and oxygen atoms in total. The highest BCUT2D eigenvalue weighted by atomic mass is 19.1. The monoisotopic (exact) mass is 835 g/mol. The summed E-state index contributed by atoms with van der Waals surface area (Å²) in [5.74, 6) is -4.88. The minimum absolute atomic E-state index is 0.000245. The number of Topliss-reactive ketones (excluding diaryl/α,β-unsaturated/α-hetero) is 1. The molecular formula is C45H55F2N3O10. The van der Waals surface area contributed by atoms with Gasteiger partial charge in [0, 0.05) is 61.1 Å². The number of benzene rings is 1. The van der Waals surface area contributed by atoms with Gasteiger partial charge < -0.3 is 39.2 Å². The lowest BCUT2D eigenvalue weighted by molar-refractivity contribution is -0.220. The molecule has 5 fully saturated rings. The molecule has 2 aromatic rings. The highest BCUT2D eigenvalue weighted by Crippen LogP contribution is 2.70. The summed E-state index contributed by atoms with van der Waals surface area (Å²) >= 11 is 0. The number of hydrogen-bond donors (Lipinski definition) is 3. The van der Waals surface area contributed by atoms with Gasteiger partial charge in [-0.05, 0) is 88.8 Å². The number of ether oxygens (including phenoxy) is 3. The zero-order chi connectivity index (χ0) is 43.1. The zero-order valence-corrected chi connectivity index (χ0v) is 34.9. The number of esters is 2. The zero-order valence-electron chi connectivity index (χ0n) is 34.9. The van der Waals surface area contributed by atoms with Crippen molar-refractivity contribution in [3.05, 3.63) is 57.7 Å². The van der Waals surface area contributed by atoms with E-state index in [-0.39, 0.29) is 66.1 Å². The van der Waals surface area contributed by atoms with Crippen LogP contribution < -0.4 is 20.4 Å². The van der Waals surface area contributed by atoms with E-state index in [1.807, 2.05) is 11.8 Å². The summed E-state index contributed by atoms with van der Waals surface area (Å²) in [5.41, 5.74) is -6.25. The fourth-order valence-electron chi connectivity index (χ4n) is 11.8. The van der Waals surface area contributed by atoms with Crippen molar-refractivity contribution in [1.82, 2.24) is 9.88 Å². The Bertz CT molecular complexity index is 2270. The summed E-state index contributed by atoms with van der Waals surface area (Å²) in [6, 6.07) is 1.25. The number of aromatic nitrogens is 1. The maximum Gasteiger partial charge on any atom is 0.343 e. The van der Waals surface area contributed by atoms with Crippen LogP contribution in [0.1, 0.15) is 95.5 Å². The molecule has 2 heterocycles. The largest absolute Gasteiger partial charge is 0.492 e. The summed E-state index contributed by atoms with van der Waals surface area (Å²) in [4.78, 5) is 67.8. The smallest absolute Gasteiger partial charge is 0.343 e. The third kappa shape index (κ3) is 6.35. The number of pyridine rings is 1. The van der Waals surface area contributed by atoms with Crippen LogP contribution in [0, 0.1) is 34.4 Å². The minimum Gasteiger partial charge on any atom is -0.492 e. The number of hydrogen-bond acceptors (Lipinski definition) is 12. The van der Waals surface area contributed by atoms with Crippen LogP contribution in [-0.2, 0) is 23.9 Å². The maximum absolute atomic E-state index is 17.5. The molecule has 0 spiro atoms. The van der Waals surface area contributed by atoms with Crippen LogP contribution in [0.2, 0.25) is 0 Å². The Balaban J connectivity index is 0.903. The molecule has 8 rings (SSSR count). The van der Waals surface area contributed by atoms with Crippen LogP contribution in [0.3, 0.4) is 0 Å². The van der Waals surface area contributed by atoms with Gasteiger partial charge in [0.15, 0.2) is 29.6 Å². The SMILES string of the molecule is COc1c(N2CCNC(C)C2)c(F)cc2c(=O)c(C(=O)OCCCC(=O)OCC(=O)[C@]3(O)[C@@H](C)C[C@@H]4[C@H]5CCC6=CC(=O)C=C[C@@]6(C)[C@]5(F)[C@H](O)C[C@]43C)cn(C3CC3)c12. The van der Waals surface area contributed by atoms with Crippen molar-refractivity contribution < 1.29 is 52.4 Å². The molecule has 60 heavy (non-hydrogen) atoms. The number of carbonyl (C=O) groups excluding carboxylic acids is 4. The topological polar surface area (TPSA) is 174 Å². The lowest BCUT2D eigenvalue weighted by atomic mass is 9.44. The number of nitrogens with one attached hydrogen (secondary N) is 1. The molecule has 4 saturated carbocycles. The molecule has 15 heteroatoms. The number of ketones is 2. The standard InChI is InChI=1S/C45H55F2N3O10/c1-24-17-32-31-11-8-26-18-28(51)12-13-42(26,3)44(31,47)34(52)20-43(32,4)45(24,57)35(53)23-60-36(54)7-6-16-59-41(56)30-22-50(27-9-10-27)37-29(39(30)55)19-33(46)38(40(37)58-5)49-15-14-48-25(2)21-49/h12-13,18-19,22,24-25,27,31-32,34,48,52,57H,6-11,14-17,20-21,23H2,1-5H3/t24-,25?,31+,32+,34+,42+,43+,44+,45+/m0/s1. The van der Waals surface area contributed by atoms with E-state index in [4.69, 9.17) is 14.2 Å². The normalized spacial score (nSPS) is 34.7. The number of rotatable bonds is 11. The number of fused-ring (bicyclic) bond motifs is 6. The number of halogens is 2. The number of alkyl halides is 1. The van der Waals surface area contributed by atoms with Crippen molar-refractivity contribution in [2.45, 2.75) is 109 Å². The van der Waals surface area contributed by atoms with Crippen LogP contribution in [-0.4, -0.2) is 102 Å². The molecule has 1 aromatic heterocycles. The molecular weight excluding hydrogens is 781 g/mol. The molecule has 0 radical (unpaired) electrons. The molecule has 1 aliphatic heterocycles. The van der Waals surface area contributed by atoms with Crippen LogP contribution in [0.5, 0.6) is 5.75 Å². The number of methoxy groups -OCH3 is 1. The molecule has 9 atom stereocenters. The Morgan fingerprint density at radius 1 is 1.08 bits per heavy atom. The van der Waals surface area contributed by atoms with E-state index in [0.29, 0.717) is 50.0 Å². The molecule has 1 unspecified atom stereocenters. The van der Waals surface area contributed by atoms with E-state index >= 15 is 8.78 Å². The third-order valence-electron chi connectivity index (χ3n) is 15.0. The van der Waals surface area contributed by atoms with Crippen molar-refractivity contribution in [1.29, 1.82) is 0 Å². The molecule has 1 saturated heterocycles. The minimum atomic E-state index is -2.12. The second-order valence-corrected chi connectivity index (χ2v) is 18.4. The third-order valence-corrected chi connectivity index (χ3v) is 15.0. The fourth-order valence-corrected chi connectivity index (χ4v) is 11.8. The van der Waals surface area contributed by atoms with E-state index in [0.717, 1.165) is 18.9 Å². The predicted molar refractivity (Wildman–Crippen MR) is 216 cm³/mol. The highest BCUT2D eigenvalue weighted by molar-refractivity contribution is 6.01. The molecule has 6 aliphatic rings. The van der Waals surface area contributed by atoms with E-state index in [9.17, 15) is 34.2 Å². The average molecular weight is 836 g/mol. The Morgan fingerprint density at radius 2 is 1.83 bits per heavy atom. The predicted octanol–water partition coefficient (Wildman–Crippen LogP) is 4.68. The summed E-state index contributed by atoms with van der Waals surface area (Å²) in [6.07, 6.45) is 6.50. The van der Waals surface area contributed by atoms with Gasteiger partial charge in [-0.1, -0.05) is 25.5 Å². The van der Waals surface area contributed by atoms with Crippen molar-refractivity contribution in [3.63, 3.8) is 0 Å². The lowest BCUT2D eigenvalue weighted by Gasteiger charge is -2.62. The summed E-state index contributed by atoms with van der Waals surface area (Å²) in [6.45, 7) is 7.86. The van der Waals surface area contributed by atoms with Crippen molar-refractivity contribution in [2.75, 3.05) is 44.9 Å². The molecule has 324 valence electrons. The number of anilines is 1. The molecule has 1 aromatic carbocycles. The molecule has 0 bridgehead atoms. The van der Waals surface area contributed by atoms with E-state index < -0.39 is 81.5 Å². The van der Waals surface area contributed by atoms with Crippen LogP contribution in [0.25, 0.3) is 10.9 Å². The highest BCUT2D eigenvalue weighted by Gasteiger charge is 2.75. The molecule has 5 aliphatic carbocycles. The van der Waals surface area contributed by atoms with Crippen molar-refractivity contribution in [2.24, 2.45) is 28.6 Å². The van der Waals surface area contributed by atoms with Crippen LogP contribution in [0.15, 0.2) is 40.9 Å². The van der Waals surface area contributed by atoms with E-state index in [1.165, 1.54) is 25.5 Å². The van der Waals surface area contributed by atoms with Crippen LogP contribution in [0.4, 0.5) is 14.5 Å². The molecule has 0 amide bonds. The summed E-state index contributed by atoms with van der Waals surface area (Å²) in [5, 5.41) is 27.1. The van der Waals surface area contributed by atoms with Gasteiger partial charge in [0.2, 0.25) is 11.2 Å². The van der Waals surface area contributed by atoms with Crippen molar-refractivity contribution in [3.8, 4) is 5.75 Å². The van der Waals surface area contributed by atoms with Gasteiger partial charge in [0.05, 0.1) is 30.7 Å². The number of aliphatic hydroxyl groups excluding tert-OH is 1. The van der Waals surface area contributed by atoms with Gasteiger partial charge in [-0.25, -0.2) is 13.6 Å². The number of piperazine rings is 1. The summed E-state index contributed by atoms with van der Waals surface area (Å²) < 4.78 is 51.6. The summed E-state index contributed by atoms with van der Waals surface area (Å²) in [7, 11) is 1.43. The second kappa shape index (κ2) is 15.2. The van der Waals surface area contributed by atoms with Gasteiger partial charge in [0.25, 0.3) is 0 Å². The number of allylic oxidation sites excluding steroid dienone is 4. The first-order valence-corrected chi connectivity index (χ1v) is 21.2. The first-order valence-electron chi connectivity index (χ1n) is 21.2. The second-order valence-electron chi connectivity index (χ2n) is 18.4. The Labute approximate surface area is 347 Å². The first-order chi connectivity index (χ1) is 28.4. The molecule has 3 N–H and O–H groups in total. The lowest BCUT2D eigenvalue weighted by Crippen LogP contribution is -2.69. The quantitative estimate of drug-likeness (QED) is 0.211. The number of aliphatic hydroxyl groups is 2. The Morgan fingerprint density at radius 3 is 2.53 bits per heavy atom. The van der Waals surface area contributed by atoms with Gasteiger partial charge in [0.1, 0.15) is 16.9 Å². The van der Waals surface area contributed by atoms with E-state index in [2.05, 4.69) is 5.32 Å².